The van der Waals surface area contributed by atoms with Crippen molar-refractivity contribution >= 4 is 65.6 Å². The van der Waals surface area contributed by atoms with Crippen molar-refractivity contribution in [3.63, 3.8) is 0 Å². The van der Waals surface area contributed by atoms with Crippen LogP contribution in [0.4, 0.5) is 0 Å². The quantitative estimate of drug-likeness (QED) is 0.203. The lowest BCUT2D eigenvalue weighted by molar-refractivity contribution is 0.673. The van der Waals surface area contributed by atoms with Crippen molar-refractivity contribution in [1.82, 2.24) is 9.13 Å². The van der Waals surface area contributed by atoms with E-state index in [1.807, 2.05) is 30.3 Å². The molecular weight excluding hydrogens is 574 g/mol. The minimum Gasteiger partial charge on any atom is -0.455 e. The minimum absolute atomic E-state index is 0.621. The molecule has 7 aromatic carbocycles. The molecule has 0 unspecified atom stereocenters. The Balaban J connectivity index is 1.32. The molecule has 0 bridgehead atoms. The van der Waals surface area contributed by atoms with Crippen LogP contribution >= 0.6 is 0 Å². The Hall–Kier alpha value is -6.57. The third-order valence-electron chi connectivity index (χ3n) is 9.54. The molecule has 0 saturated carbocycles. The van der Waals surface area contributed by atoms with Gasteiger partial charge in [0, 0.05) is 38.2 Å². The molecular formula is C43H25N3O. The first-order valence-corrected chi connectivity index (χ1v) is 15.8. The lowest BCUT2D eigenvalue weighted by atomic mass is 9.98. The summed E-state index contributed by atoms with van der Waals surface area (Å²) >= 11 is 0. The van der Waals surface area contributed by atoms with E-state index in [9.17, 15) is 5.26 Å². The number of nitriles is 1. The van der Waals surface area contributed by atoms with Crippen LogP contribution in [0.2, 0.25) is 0 Å². The van der Waals surface area contributed by atoms with Crippen molar-refractivity contribution in [3.05, 3.63) is 157 Å². The lowest BCUT2D eigenvalue weighted by Gasteiger charge is -2.15. The largest absolute Gasteiger partial charge is 0.455 e. The van der Waals surface area contributed by atoms with Crippen LogP contribution in [0.15, 0.2) is 156 Å². The molecule has 0 aliphatic rings. The Labute approximate surface area is 269 Å². The van der Waals surface area contributed by atoms with Crippen LogP contribution in [0.3, 0.4) is 0 Å². The molecule has 3 heterocycles. The fourth-order valence-electron chi connectivity index (χ4n) is 7.52. The van der Waals surface area contributed by atoms with Crippen LogP contribution in [0.1, 0.15) is 5.56 Å². The Kier molecular flexibility index (Phi) is 5.32. The molecule has 4 nitrogen and oxygen atoms in total. The second kappa shape index (κ2) is 9.71. The second-order valence-corrected chi connectivity index (χ2v) is 12.1. The van der Waals surface area contributed by atoms with E-state index in [4.69, 9.17) is 4.42 Å². The molecule has 0 N–H and O–H groups in total. The molecule has 10 rings (SSSR count). The number of hydrogen-bond acceptors (Lipinski definition) is 2. The third kappa shape index (κ3) is 3.63. The lowest BCUT2D eigenvalue weighted by Crippen LogP contribution is -1.98. The van der Waals surface area contributed by atoms with Gasteiger partial charge in [-0.1, -0.05) is 78.9 Å². The fraction of sp³-hybridized carbons (Fsp3) is 0. The predicted molar refractivity (Wildman–Crippen MR) is 193 cm³/mol. The van der Waals surface area contributed by atoms with Gasteiger partial charge in [-0.05, 0) is 78.4 Å². The van der Waals surface area contributed by atoms with Gasteiger partial charge in [0.15, 0.2) is 0 Å². The van der Waals surface area contributed by atoms with E-state index < -0.39 is 0 Å². The highest BCUT2D eigenvalue weighted by atomic mass is 16.3. The number of fused-ring (bicyclic) bond motifs is 10. The molecule has 218 valence electrons. The number of aromatic nitrogens is 2. The van der Waals surface area contributed by atoms with Crippen LogP contribution in [0, 0.1) is 11.3 Å². The molecule has 0 saturated heterocycles. The predicted octanol–water partition coefficient (Wildman–Crippen LogP) is 11.3. The molecule has 10 aromatic rings. The van der Waals surface area contributed by atoms with E-state index in [0.717, 1.165) is 77.3 Å². The first-order valence-electron chi connectivity index (χ1n) is 15.8. The summed E-state index contributed by atoms with van der Waals surface area (Å²) in [5.41, 5.74) is 11.0. The average Bonchev–Trinajstić information content (AvgIpc) is 3.79. The highest BCUT2D eigenvalue weighted by Crippen LogP contribution is 2.43. The van der Waals surface area contributed by atoms with Crippen LogP contribution < -0.4 is 0 Å². The monoisotopic (exact) mass is 599 g/mol. The maximum Gasteiger partial charge on any atom is 0.145 e. The van der Waals surface area contributed by atoms with Crippen molar-refractivity contribution in [2.24, 2.45) is 0 Å². The zero-order valence-electron chi connectivity index (χ0n) is 25.2. The Morgan fingerprint density at radius 1 is 0.489 bits per heavy atom. The summed E-state index contributed by atoms with van der Waals surface area (Å²) in [7, 11) is 0. The minimum atomic E-state index is 0.621. The van der Waals surface area contributed by atoms with Crippen molar-refractivity contribution in [1.29, 1.82) is 5.26 Å². The van der Waals surface area contributed by atoms with Gasteiger partial charge < -0.3 is 13.6 Å². The highest BCUT2D eigenvalue weighted by molar-refractivity contribution is 6.24. The van der Waals surface area contributed by atoms with Gasteiger partial charge in [-0.3, -0.25) is 0 Å². The topological polar surface area (TPSA) is 46.8 Å². The summed E-state index contributed by atoms with van der Waals surface area (Å²) in [4.78, 5) is 0. The first kappa shape index (κ1) is 25.7. The summed E-state index contributed by atoms with van der Waals surface area (Å²) < 4.78 is 11.3. The smallest absolute Gasteiger partial charge is 0.145 e. The van der Waals surface area contributed by atoms with Gasteiger partial charge in [0.25, 0.3) is 0 Å². The van der Waals surface area contributed by atoms with E-state index in [-0.39, 0.29) is 0 Å². The Bertz CT molecular complexity index is 2860. The molecule has 0 aliphatic carbocycles. The molecule has 0 aliphatic heterocycles. The van der Waals surface area contributed by atoms with Crippen LogP contribution in [0.5, 0.6) is 0 Å². The van der Waals surface area contributed by atoms with Crippen LogP contribution in [0.25, 0.3) is 88.1 Å². The van der Waals surface area contributed by atoms with Crippen molar-refractivity contribution in [2.45, 2.75) is 0 Å². The highest BCUT2D eigenvalue weighted by Gasteiger charge is 2.21. The Morgan fingerprint density at radius 2 is 1.15 bits per heavy atom. The number of para-hydroxylation sites is 4. The number of hydrogen-bond donors (Lipinski definition) is 0. The van der Waals surface area contributed by atoms with E-state index in [0.29, 0.717) is 5.56 Å². The maximum atomic E-state index is 10.0. The van der Waals surface area contributed by atoms with Gasteiger partial charge >= 0.3 is 0 Å². The van der Waals surface area contributed by atoms with Gasteiger partial charge in [0.1, 0.15) is 11.2 Å². The summed E-state index contributed by atoms with van der Waals surface area (Å²) in [5.74, 6) is 0. The van der Waals surface area contributed by atoms with E-state index in [1.54, 1.807) is 0 Å². The standard InChI is InChI=1S/C43H25N3O/c44-26-27-18-21-38(46-36-15-7-4-12-30(36)31-13-5-8-16-37(31)46)34(24-27)28-19-22-39-35(25-28)42-40(45(39)29-10-2-1-3-11-29)23-20-33-32-14-6-9-17-41(32)47-43(33)42/h1-25H. The fourth-order valence-corrected chi connectivity index (χ4v) is 7.52. The van der Waals surface area contributed by atoms with Gasteiger partial charge in [-0.2, -0.15) is 5.26 Å². The van der Waals surface area contributed by atoms with E-state index in [2.05, 4.69) is 137 Å². The van der Waals surface area contributed by atoms with Crippen molar-refractivity contribution in [3.8, 4) is 28.6 Å². The van der Waals surface area contributed by atoms with Crippen molar-refractivity contribution in [2.75, 3.05) is 0 Å². The van der Waals surface area contributed by atoms with Crippen LogP contribution in [-0.4, -0.2) is 9.13 Å². The molecule has 3 aromatic heterocycles. The zero-order chi connectivity index (χ0) is 31.1. The third-order valence-corrected chi connectivity index (χ3v) is 9.54. The van der Waals surface area contributed by atoms with Crippen LogP contribution in [-0.2, 0) is 0 Å². The first-order chi connectivity index (χ1) is 23.3. The van der Waals surface area contributed by atoms with Gasteiger partial charge in [-0.15, -0.1) is 0 Å². The molecule has 47 heavy (non-hydrogen) atoms. The van der Waals surface area contributed by atoms with Gasteiger partial charge in [0.2, 0.25) is 0 Å². The number of nitrogens with zero attached hydrogens (tertiary/aromatic N) is 3. The normalized spacial score (nSPS) is 11.8. The zero-order valence-corrected chi connectivity index (χ0v) is 25.2. The van der Waals surface area contributed by atoms with Gasteiger partial charge in [-0.25, -0.2) is 0 Å². The molecule has 0 atom stereocenters. The number of furan rings is 1. The second-order valence-electron chi connectivity index (χ2n) is 12.1. The van der Waals surface area contributed by atoms with Gasteiger partial charge in [0.05, 0.1) is 44.8 Å². The molecule has 0 radical (unpaired) electrons. The molecule has 4 heteroatoms. The number of benzene rings is 7. The summed E-state index contributed by atoms with van der Waals surface area (Å²) in [6.07, 6.45) is 0. The van der Waals surface area contributed by atoms with Crippen molar-refractivity contribution < 1.29 is 4.42 Å². The summed E-state index contributed by atoms with van der Waals surface area (Å²) in [6.45, 7) is 0. The average molecular weight is 600 g/mol. The van der Waals surface area contributed by atoms with E-state index >= 15 is 0 Å². The molecule has 0 amide bonds. The molecule has 0 spiro atoms. The summed E-state index contributed by atoms with van der Waals surface area (Å²) in [5, 5.41) is 16.8. The van der Waals surface area contributed by atoms with E-state index in [1.165, 1.54) is 10.8 Å². The maximum absolute atomic E-state index is 10.0. The molecule has 0 fully saturated rings. The SMILES string of the molecule is N#Cc1ccc(-n2c3ccccc3c3ccccc32)c(-c2ccc3c(c2)c2c4oc5ccccc5c4ccc2n3-c2ccccc2)c1. The Morgan fingerprint density at radius 3 is 1.91 bits per heavy atom. The number of rotatable bonds is 3. The summed E-state index contributed by atoms with van der Waals surface area (Å²) in [6, 6.07) is 55.3.